The van der Waals surface area contributed by atoms with Crippen LogP contribution in [0.3, 0.4) is 0 Å². The molecule has 1 heterocycles. The van der Waals surface area contributed by atoms with Gasteiger partial charge >= 0.3 is 0 Å². The van der Waals surface area contributed by atoms with E-state index in [-0.39, 0.29) is 0 Å². The highest BCUT2D eigenvalue weighted by Crippen LogP contribution is 2.41. The molecule has 0 bridgehead atoms. The highest BCUT2D eigenvalue weighted by molar-refractivity contribution is 9.10. The van der Waals surface area contributed by atoms with Gasteiger partial charge in [-0.1, -0.05) is 107 Å². The summed E-state index contributed by atoms with van der Waals surface area (Å²) in [6.07, 6.45) is 0. The largest absolute Gasteiger partial charge is 0.135 e. The van der Waals surface area contributed by atoms with Gasteiger partial charge in [-0.3, -0.25) is 0 Å². The molecule has 0 amide bonds. The predicted molar refractivity (Wildman–Crippen MR) is 161 cm³/mol. The quantitative estimate of drug-likeness (QED) is 0.209. The molecule has 7 rings (SSSR count). The second-order valence-electron chi connectivity index (χ2n) is 9.15. The van der Waals surface area contributed by atoms with Crippen molar-refractivity contribution in [1.29, 1.82) is 0 Å². The van der Waals surface area contributed by atoms with Crippen LogP contribution >= 0.6 is 27.3 Å². The van der Waals surface area contributed by atoms with Crippen molar-refractivity contribution in [2.45, 2.75) is 0 Å². The fourth-order valence-electron chi connectivity index (χ4n) is 5.12. The number of thiophene rings is 1. The molecule has 170 valence electrons. The van der Waals surface area contributed by atoms with Crippen LogP contribution in [0.25, 0.3) is 64.3 Å². The first kappa shape index (κ1) is 21.6. The van der Waals surface area contributed by atoms with Crippen LogP contribution in [-0.4, -0.2) is 0 Å². The standard InChI is InChI=1S/C34H21BrS/c35-29-19-27(25-11-6-10-24(17-25)22-7-2-1-3-8-22)18-28(20-29)26-14-16-33-32(21-26)31-15-13-23-9-4-5-12-30(23)34(31)36-33/h1-21H. The van der Waals surface area contributed by atoms with Crippen molar-refractivity contribution in [3.8, 4) is 33.4 Å². The van der Waals surface area contributed by atoms with Gasteiger partial charge in [-0.15, -0.1) is 11.3 Å². The van der Waals surface area contributed by atoms with Crippen LogP contribution in [0.2, 0.25) is 0 Å². The third kappa shape index (κ3) is 3.74. The Kier molecular flexibility index (Phi) is 5.23. The second kappa shape index (κ2) is 8.74. The van der Waals surface area contributed by atoms with E-state index in [1.165, 1.54) is 64.3 Å². The van der Waals surface area contributed by atoms with E-state index in [0.29, 0.717) is 0 Å². The van der Waals surface area contributed by atoms with E-state index in [1.54, 1.807) is 0 Å². The van der Waals surface area contributed by atoms with Crippen molar-refractivity contribution in [3.63, 3.8) is 0 Å². The van der Waals surface area contributed by atoms with Crippen molar-refractivity contribution in [2.24, 2.45) is 0 Å². The lowest BCUT2D eigenvalue weighted by molar-refractivity contribution is 1.56. The second-order valence-corrected chi connectivity index (χ2v) is 11.1. The van der Waals surface area contributed by atoms with Crippen LogP contribution < -0.4 is 0 Å². The molecule has 0 saturated heterocycles. The monoisotopic (exact) mass is 540 g/mol. The van der Waals surface area contributed by atoms with Gasteiger partial charge in [0.25, 0.3) is 0 Å². The Bertz CT molecular complexity index is 1900. The van der Waals surface area contributed by atoms with Gasteiger partial charge in [0.15, 0.2) is 0 Å². The minimum Gasteiger partial charge on any atom is -0.135 e. The van der Waals surface area contributed by atoms with Crippen LogP contribution in [0, 0.1) is 0 Å². The average Bonchev–Trinajstić information content (AvgIpc) is 3.32. The summed E-state index contributed by atoms with van der Waals surface area (Å²) in [5, 5.41) is 5.29. The van der Waals surface area contributed by atoms with Gasteiger partial charge in [-0.25, -0.2) is 0 Å². The van der Waals surface area contributed by atoms with E-state index in [0.717, 1.165) is 4.47 Å². The number of hydrogen-bond acceptors (Lipinski definition) is 1. The first-order chi connectivity index (χ1) is 17.7. The van der Waals surface area contributed by atoms with Gasteiger partial charge in [-0.2, -0.15) is 0 Å². The van der Waals surface area contributed by atoms with Crippen molar-refractivity contribution in [3.05, 3.63) is 132 Å². The highest BCUT2D eigenvalue weighted by atomic mass is 79.9. The Hall–Kier alpha value is -3.72. The van der Waals surface area contributed by atoms with Gasteiger partial charge in [-0.05, 0) is 80.6 Å². The summed E-state index contributed by atoms with van der Waals surface area (Å²) in [5.41, 5.74) is 7.33. The fourth-order valence-corrected chi connectivity index (χ4v) is 6.83. The Morgan fingerprint density at radius 2 is 1.08 bits per heavy atom. The Morgan fingerprint density at radius 1 is 0.417 bits per heavy atom. The predicted octanol–water partition coefficient (Wildman–Crippen LogP) is 11.0. The third-order valence-electron chi connectivity index (χ3n) is 6.90. The topological polar surface area (TPSA) is 0 Å². The molecule has 1 aromatic heterocycles. The van der Waals surface area contributed by atoms with Crippen molar-refractivity contribution in [2.75, 3.05) is 0 Å². The maximum atomic E-state index is 3.78. The van der Waals surface area contributed by atoms with E-state index in [1.807, 2.05) is 11.3 Å². The summed E-state index contributed by atoms with van der Waals surface area (Å²) in [5.74, 6) is 0. The molecule has 36 heavy (non-hydrogen) atoms. The van der Waals surface area contributed by atoms with E-state index >= 15 is 0 Å². The van der Waals surface area contributed by atoms with Gasteiger partial charge in [0, 0.05) is 24.6 Å². The summed E-state index contributed by atoms with van der Waals surface area (Å²) < 4.78 is 3.78. The van der Waals surface area contributed by atoms with Crippen LogP contribution in [-0.2, 0) is 0 Å². The van der Waals surface area contributed by atoms with E-state index in [2.05, 4.69) is 143 Å². The molecule has 0 saturated carbocycles. The molecule has 0 fully saturated rings. The molecule has 2 heteroatoms. The molecule has 0 nitrogen and oxygen atoms in total. The molecule has 0 radical (unpaired) electrons. The van der Waals surface area contributed by atoms with Crippen molar-refractivity contribution < 1.29 is 0 Å². The number of rotatable bonds is 3. The van der Waals surface area contributed by atoms with Gasteiger partial charge in [0.05, 0.1) is 0 Å². The van der Waals surface area contributed by atoms with E-state index in [4.69, 9.17) is 0 Å². The average molecular weight is 542 g/mol. The Labute approximate surface area is 222 Å². The molecule has 6 aromatic carbocycles. The zero-order valence-electron chi connectivity index (χ0n) is 19.4. The van der Waals surface area contributed by atoms with E-state index < -0.39 is 0 Å². The lowest BCUT2D eigenvalue weighted by Gasteiger charge is -2.10. The Morgan fingerprint density at radius 3 is 1.92 bits per heavy atom. The molecule has 7 aromatic rings. The van der Waals surface area contributed by atoms with Crippen LogP contribution in [0.4, 0.5) is 0 Å². The lowest BCUT2D eigenvalue weighted by atomic mass is 9.95. The van der Waals surface area contributed by atoms with Gasteiger partial charge < -0.3 is 0 Å². The minimum absolute atomic E-state index is 1.08. The molecule has 0 spiro atoms. The van der Waals surface area contributed by atoms with E-state index in [9.17, 15) is 0 Å². The molecule has 0 aliphatic rings. The Balaban J connectivity index is 1.35. The summed E-state index contributed by atoms with van der Waals surface area (Å²) >= 11 is 5.67. The van der Waals surface area contributed by atoms with Gasteiger partial charge in [0.2, 0.25) is 0 Å². The summed E-state index contributed by atoms with van der Waals surface area (Å²) in [7, 11) is 0. The normalized spacial score (nSPS) is 11.5. The molecule has 0 atom stereocenters. The fraction of sp³-hybridized carbons (Fsp3) is 0. The first-order valence-electron chi connectivity index (χ1n) is 12.0. The summed E-state index contributed by atoms with van der Waals surface area (Å²) in [4.78, 5) is 0. The van der Waals surface area contributed by atoms with Crippen molar-refractivity contribution >= 4 is 58.2 Å². The summed E-state index contributed by atoms with van der Waals surface area (Å²) in [6.45, 7) is 0. The smallest absolute Gasteiger partial charge is 0.0433 e. The molecular formula is C34H21BrS. The molecular weight excluding hydrogens is 520 g/mol. The minimum atomic E-state index is 1.08. The first-order valence-corrected chi connectivity index (χ1v) is 13.6. The van der Waals surface area contributed by atoms with Crippen LogP contribution in [0.5, 0.6) is 0 Å². The van der Waals surface area contributed by atoms with Crippen LogP contribution in [0.15, 0.2) is 132 Å². The number of halogens is 1. The van der Waals surface area contributed by atoms with Gasteiger partial charge in [0.1, 0.15) is 0 Å². The third-order valence-corrected chi connectivity index (χ3v) is 8.57. The lowest BCUT2D eigenvalue weighted by Crippen LogP contribution is -1.84. The zero-order valence-corrected chi connectivity index (χ0v) is 21.8. The molecule has 0 aliphatic heterocycles. The summed E-state index contributed by atoms with van der Waals surface area (Å²) in [6, 6.07) is 46.2. The van der Waals surface area contributed by atoms with Crippen molar-refractivity contribution in [1.82, 2.24) is 0 Å². The number of benzene rings is 6. The number of fused-ring (bicyclic) bond motifs is 5. The zero-order chi connectivity index (χ0) is 24.1. The maximum absolute atomic E-state index is 3.78. The molecule has 0 unspecified atom stereocenters. The molecule has 0 aliphatic carbocycles. The highest BCUT2D eigenvalue weighted by Gasteiger charge is 2.11. The molecule has 0 N–H and O–H groups in total. The SMILES string of the molecule is Brc1cc(-c2cccc(-c3ccccc3)c2)cc(-c2ccc3sc4c5ccccc5ccc4c3c2)c1. The van der Waals surface area contributed by atoms with Crippen LogP contribution in [0.1, 0.15) is 0 Å². The number of hydrogen-bond donors (Lipinski definition) is 0. The maximum Gasteiger partial charge on any atom is 0.0433 e.